The van der Waals surface area contributed by atoms with Gasteiger partial charge in [-0.3, -0.25) is 5.10 Å². The van der Waals surface area contributed by atoms with Gasteiger partial charge in [-0.1, -0.05) is 11.8 Å². The van der Waals surface area contributed by atoms with Gasteiger partial charge in [0, 0.05) is 10.6 Å². The van der Waals surface area contributed by atoms with Crippen LogP contribution in [-0.4, -0.2) is 34.4 Å². The second kappa shape index (κ2) is 4.77. The van der Waals surface area contributed by atoms with E-state index >= 15 is 0 Å². The first-order valence-corrected chi connectivity index (χ1v) is 6.19. The van der Waals surface area contributed by atoms with Crippen LogP contribution in [0.25, 0.3) is 0 Å². The van der Waals surface area contributed by atoms with Crippen molar-refractivity contribution >= 4 is 17.4 Å². The molecule has 0 bridgehead atoms. The van der Waals surface area contributed by atoms with E-state index in [1.807, 2.05) is 0 Å². The fourth-order valence-corrected chi connectivity index (χ4v) is 2.22. The van der Waals surface area contributed by atoms with Crippen molar-refractivity contribution in [2.75, 3.05) is 18.5 Å². The predicted molar refractivity (Wildman–Crippen MR) is 65.2 cm³/mol. The Morgan fingerprint density at radius 2 is 2.12 bits per heavy atom. The number of hydrogen-bond acceptors (Lipinski definition) is 5. The Hall–Kier alpha value is -1.53. The summed E-state index contributed by atoms with van der Waals surface area (Å²) < 4.78 is 5.11. The van der Waals surface area contributed by atoms with Gasteiger partial charge in [0.25, 0.3) is 0 Å². The molecule has 0 atom stereocenters. The number of nitrogens with one attached hydrogen (secondary N) is 2. The maximum atomic E-state index is 5.11. The molecule has 1 saturated heterocycles. The second-order valence-corrected chi connectivity index (χ2v) is 4.86. The highest BCUT2D eigenvalue weighted by Crippen LogP contribution is 2.25. The van der Waals surface area contributed by atoms with Crippen LogP contribution in [0, 0.1) is 0 Å². The molecule has 1 aliphatic rings. The van der Waals surface area contributed by atoms with E-state index < -0.39 is 0 Å². The maximum Gasteiger partial charge on any atom is 0.188 e. The minimum atomic E-state index is 0.461. The summed E-state index contributed by atoms with van der Waals surface area (Å²) in [5.41, 5.74) is 1.13. The highest BCUT2D eigenvalue weighted by atomic mass is 32.2. The van der Waals surface area contributed by atoms with Crippen molar-refractivity contribution in [3.63, 3.8) is 0 Å². The second-order valence-electron chi connectivity index (χ2n) is 3.80. The van der Waals surface area contributed by atoms with Gasteiger partial charge in [0.05, 0.1) is 19.3 Å². The Labute approximate surface area is 103 Å². The van der Waals surface area contributed by atoms with Gasteiger partial charge in [0.15, 0.2) is 5.16 Å². The number of ether oxygens (including phenoxy) is 1. The van der Waals surface area contributed by atoms with Gasteiger partial charge in [0.1, 0.15) is 6.33 Å². The van der Waals surface area contributed by atoms with Crippen LogP contribution < -0.4 is 5.32 Å². The number of benzene rings is 1. The Morgan fingerprint density at radius 3 is 2.71 bits per heavy atom. The van der Waals surface area contributed by atoms with E-state index in [1.165, 1.54) is 6.33 Å². The summed E-state index contributed by atoms with van der Waals surface area (Å²) in [5.74, 6) is 0. The number of aromatic amines is 1. The van der Waals surface area contributed by atoms with Gasteiger partial charge in [-0.05, 0) is 24.3 Å². The molecule has 1 aromatic carbocycles. The zero-order chi connectivity index (χ0) is 11.5. The molecular formula is C11H12N4OS. The number of anilines is 1. The predicted octanol–water partition coefficient (Wildman–Crippen LogP) is 1.77. The zero-order valence-electron chi connectivity index (χ0n) is 9.09. The van der Waals surface area contributed by atoms with Gasteiger partial charge in [-0.2, -0.15) is 5.10 Å². The summed E-state index contributed by atoms with van der Waals surface area (Å²) in [6.07, 6.45) is 1.51. The van der Waals surface area contributed by atoms with Crippen molar-refractivity contribution in [1.29, 1.82) is 0 Å². The van der Waals surface area contributed by atoms with Crippen molar-refractivity contribution in [2.45, 2.75) is 16.1 Å². The van der Waals surface area contributed by atoms with Gasteiger partial charge in [0.2, 0.25) is 0 Å². The molecule has 2 heterocycles. The van der Waals surface area contributed by atoms with Crippen molar-refractivity contribution in [3.05, 3.63) is 30.6 Å². The SMILES string of the molecule is c1n[nH]c(Sc2ccc(NC3COC3)cc2)n1. The number of hydrogen-bond donors (Lipinski definition) is 2. The third kappa shape index (κ3) is 2.59. The molecule has 2 N–H and O–H groups in total. The molecule has 0 aliphatic carbocycles. The van der Waals surface area contributed by atoms with Gasteiger partial charge in [-0.15, -0.1) is 0 Å². The molecule has 1 aromatic heterocycles. The van der Waals surface area contributed by atoms with Crippen molar-refractivity contribution < 1.29 is 4.74 Å². The van der Waals surface area contributed by atoms with E-state index in [0.717, 1.165) is 29.0 Å². The molecule has 5 nitrogen and oxygen atoms in total. The highest BCUT2D eigenvalue weighted by Gasteiger charge is 2.17. The molecule has 3 rings (SSSR count). The third-order valence-corrected chi connectivity index (χ3v) is 3.37. The molecule has 0 spiro atoms. The summed E-state index contributed by atoms with van der Waals surface area (Å²) in [5, 5.41) is 10.8. The Balaban J connectivity index is 1.63. The minimum Gasteiger partial charge on any atom is -0.378 e. The van der Waals surface area contributed by atoms with Crippen LogP contribution in [0.4, 0.5) is 5.69 Å². The summed E-state index contributed by atoms with van der Waals surface area (Å²) in [6, 6.07) is 8.72. The lowest BCUT2D eigenvalue weighted by Gasteiger charge is -2.27. The van der Waals surface area contributed by atoms with Crippen LogP contribution in [0.3, 0.4) is 0 Å². The van der Waals surface area contributed by atoms with E-state index in [4.69, 9.17) is 4.74 Å². The first-order chi connectivity index (χ1) is 8.40. The molecule has 1 aliphatic heterocycles. The summed E-state index contributed by atoms with van der Waals surface area (Å²) >= 11 is 1.56. The van der Waals surface area contributed by atoms with Crippen molar-refractivity contribution in [2.24, 2.45) is 0 Å². The average Bonchev–Trinajstić information content (AvgIpc) is 2.78. The van der Waals surface area contributed by atoms with Crippen LogP contribution in [0.1, 0.15) is 0 Å². The lowest BCUT2D eigenvalue weighted by Crippen LogP contribution is -2.40. The molecule has 0 unspecified atom stereocenters. The average molecular weight is 248 g/mol. The highest BCUT2D eigenvalue weighted by molar-refractivity contribution is 7.99. The molecule has 1 fully saturated rings. The number of aromatic nitrogens is 3. The minimum absolute atomic E-state index is 0.461. The molecule has 17 heavy (non-hydrogen) atoms. The van der Waals surface area contributed by atoms with Crippen molar-refractivity contribution in [1.82, 2.24) is 15.2 Å². The van der Waals surface area contributed by atoms with Crippen LogP contribution >= 0.6 is 11.8 Å². The standard InChI is InChI=1S/C11H12N4OS/c1-3-10(17-11-12-7-13-15-11)4-2-8(1)14-9-5-16-6-9/h1-4,7,9,14H,5-6H2,(H,12,13,15). The molecule has 2 aromatic rings. The zero-order valence-corrected chi connectivity index (χ0v) is 9.91. The van der Waals surface area contributed by atoms with Gasteiger partial charge < -0.3 is 10.1 Å². The molecule has 0 amide bonds. The van der Waals surface area contributed by atoms with Crippen LogP contribution in [-0.2, 0) is 4.74 Å². The molecule has 0 radical (unpaired) electrons. The third-order valence-electron chi connectivity index (χ3n) is 2.47. The Morgan fingerprint density at radius 1 is 1.29 bits per heavy atom. The van der Waals surface area contributed by atoms with Gasteiger partial charge in [-0.25, -0.2) is 4.98 Å². The van der Waals surface area contributed by atoms with E-state index in [0.29, 0.717) is 6.04 Å². The Bertz CT molecular complexity index is 467. The number of rotatable bonds is 4. The smallest absolute Gasteiger partial charge is 0.188 e. The number of H-pyrrole nitrogens is 1. The van der Waals surface area contributed by atoms with E-state index in [2.05, 4.69) is 44.8 Å². The lowest BCUT2D eigenvalue weighted by atomic mass is 10.2. The fourth-order valence-electron chi connectivity index (χ4n) is 1.53. The molecule has 6 heteroatoms. The molecule has 0 saturated carbocycles. The quantitative estimate of drug-likeness (QED) is 0.863. The monoisotopic (exact) mass is 248 g/mol. The lowest BCUT2D eigenvalue weighted by molar-refractivity contribution is 0.0211. The summed E-state index contributed by atoms with van der Waals surface area (Å²) in [6.45, 7) is 1.60. The first-order valence-electron chi connectivity index (χ1n) is 5.38. The summed E-state index contributed by atoms with van der Waals surface area (Å²) in [4.78, 5) is 5.21. The van der Waals surface area contributed by atoms with Gasteiger partial charge >= 0.3 is 0 Å². The first kappa shape index (κ1) is 10.6. The van der Waals surface area contributed by atoms with Crippen LogP contribution in [0.15, 0.2) is 40.6 Å². The largest absolute Gasteiger partial charge is 0.378 e. The summed E-state index contributed by atoms with van der Waals surface area (Å²) in [7, 11) is 0. The van der Waals surface area contributed by atoms with Crippen LogP contribution in [0.5, 0.6) is 0 Å². The normalized spacial score (nSPS) is 15.5. The molecular weight excluding hydrogens is 236 g/mol. The van der Waals surface area contributed by atoms with E-state index in [9.17, 15) is 0 Å². The van der Waals surface area contributed by atoms with Crippen molar-refractivity contribution in [3.8, 4) is 0 Å². The van der Waals surface area contributed by atoms with E-state index in [1.54, 1.807) is 11.8 Å². The van der Waals surface area contributed by atoms with E-state index in [-0.39, 0.29) is 0 Å². The van der Waals surface area contributed by atoms with Crippen LogP contribution in [0.2, 0.25) is 0 Å². The molecule has 88 valence electrons. The number of nitrogens with zero attached hydrogens (tertiary/aromatic N) is 2. The Kier molecular flexibility index (Phi) is 2.98. The topological polar surface area (TPSA) is 62.8 Å². The fraction of sp³-hybridized carbons (Fsp3) is 0.273. The maximum absolute atomic E-state index is 5.11.